The molecule has 14 N–H and O–H groups in total. The largest absolute Gasteiger partial charge is 0.394 e. The molecule has 458 valence electrons. The lowest BCUT2D eigenvalue weighted by Gasteiger charge is -2.36. The first-order chi connectivity index (χ1) is 37.2. The molecule has 2 heterocycles. The molecule has 0 spiro atoms. The Morgan fingerprint density at radius 3 is 1.38 bits per heavy atom. The van der Waals surface area contributed by atoms with Crippen molar-refractivity contribution in [2.75, 3.05) is 19.7 Å². The minimum atomic E-state index is -1.80. The number of hydrogen-bond acceptors (Lipinski definition) is 14. The van der Waals surface area contributed by atoms with Gasteiger partial charge in [0.05, 0.1) is 25.5 Å². The van der Waals surface area contributed by atoms with E-state index in [2.05, 4.69) is 47.9 Å². The fourth-order valence-corrected chi connectivity index (χ4v) is 9.43. The summed E-state index contributed by atoms with van der Waals surface area (Å²) in [7, 11) is 0. The highest BCUT2D eigenvalue weighted by Crippen LogP contribution is 2.25. The normalized spacial score (nSPS) is 18.0. The van der Waals surface area contributed by atoms with Gasteiger partial charge in [-0.25, -0.2) is 0 Å². The van der Waals surface area contributed by atoms with Crippen molar-refractivity contribution in [2.24, 2.45) is 29.2 Å². The van der Waals surface area contributed by atoms with Gasteiger partial charge in [-0.1, -0.05) is 48.0 Å². The molecule has 8 unspecified atom stereocenters. The number of rotatable bonds is 30. The highest BCUT2D eigenvalue weighted by molar-refractivity contribution is 6.02. The van der Waals surface area contributed by atoms with Crippen LogP contribution in [0.5, 0.6) is 0 Å². The molecule has 2 aliphatic heterocycles. The van der Waals surface area contributed by atoms with Gasteiger partial charge in [0.1, 0.15) is 58.4 Å². The maximum absolute atomic E-state index is 14.3. The Kier molecular flexibility index (Phi) is 25.7. The number of amides is 13. The molecule has 81 heavy (non-hydrogen) atoms. The number of carbonyl (C=O) groups excluding carboxylic acids is 13. The van der Waals surface area contributed by atoms with E-state index in [1.165, 1.54) is 72.1 Å². The Morgan fingerprint density at radius 2 is 0.926 bits per heavy atom. The van der Waals surface area contributed by atoms with E-state index in [-0.39, 0.29) is 56.7 Å². The van der Waals surface area contributed by atoms with Crippen molar-refractivity contribution < 1.29 is 67.4 Å². The summed E-state index contributed by atoms with van der Waals surface area (Å²) in [5.74, 6) is -10.6. The van der Waals surface area contributed by atoms with Gasteiger partial charge in [-0.3, -0.25) is 62.3 Å². The van der Waals surface area contributed by atoms with E-state index in [1.54, 1.807) is 13.8 Å². The molecule has 0 saturated carbocycles. The summed E-state index contributed by atoms with van der Waals surface area (Å²) < 4.78 is 0. The summed E-state index contributed by atoms with van der Waals surface area (Å²) in [6.45, 7) is 23.1. The van der Waals surface area contributed by atoms with Crippen LogP contribution >= 0.6 is 0 Å². The molecule has 27 nitrogen and oxygen atoms in total. The van der Waals surface area contributed by atoms with Crippen molar-refractivity contribution >= 4 is 76.8 Å². The Balaban J connectivity index is 2.26. The summed E-state index contributed by atoms with van der Waals surface area (Å²) >= 11 is 0. The number of nitrogens with one attached hydrogen (secondary N) is 9. The molecule has 2 aliphatic rings. The molecule has 0 aromatic carbocycles. The number of hydrogen-bond donors (Lipinski definition) is 12. The van der Waals surface area contributed by atoms with E-state index in [1.807, 2.05) is 27.7 Å². The molecule has 0 aromatic rings. The molecule has 27 heteroatoms. The minimum absolute atomic E-state index is 0.0382. The zero-order chi connectivity index (χ0) is 62.3. The second-order valence-electron chi connectivity index (χ2n) is 24.4. The average molecular weight is 1150 g/mol. The second kappa shape index (κ2) is 29.7. The highest BCUT2D eigenvalue weighted by atomic mass is 16.3. The number of carbonyl (C=O) groups is 13. The van der Waals surface area contributed by atoms with Gasteiger partial charge in [0.25, 0.3) is 0 Å². The first-order valence-electron chi connectivity index (χ1n) is 27.8. The van der Waals surface area contributed by atoms with Crippen molar-refractivity contribution in [3.05, 3.63) is 0 Å². The van der Waals surface area contributed by atoms with E-state index in [9.17, 15) is 67.4 Å². The Bertz CT molecular complexity index is 2350. The van der Waals surface area contributed by atoms with E-state index >= 15 is 0 Å². The lowest BCUT2D eigenvalue weighted by atomic mass is 9.96. The molecule has 0 bridgehead atoms. The van der Waals surface area contributed by atoms with Crippen LogP contribution in [0, 0.1) is 17.8 Å². The van der Waals surface area contributed by atoms with Crippen LogP contribution in [0.3, 0.4) is 0 Å². The quantitative estimate of drug-likeness (QED) is 0.0366. The van der Waals surface area contributed by atoms with Gasteiger partial charge in [-0.2, -0.15) is 0 Å². The number of nitrogens with two attached hydrogens (primary N) is 2. The molecule has 8 atom stereocenters. The van der Waals surface area contributed by atoms with Crippen molar-refractivity contribution in [3.63, 3.8) is 0 Å². The van der Waals surface area contributed by atoms with E-state index in [0.29, 0.717) is 25.7 Å². The number of nitrogens with zero attached hydrogens (tertiary/aromatic N) is 2. The van der Waals surface area contributed by atoms with Crippen LogP contribution in [0.1, 0.15) is 162 Å². The maximum Gasteiger partial charge on any atom is 0.248 e. The Labute approximate surface area is 475 Å². The van der Waals surface area contributed by atoms with Gasteiger partial charge in [0, 0.05) is 20.0 Å². The van der Waals surface area contributed by atoms with Crippen molar-refractivity contribution in [1.82, 2.24) is 57.7 Å². The summed E-state index contributed by atoms with van der Waals surface area (Å²) in [4.78, 5) is 177. The van der Waals surface area contributed by atoms with E-state index in [0.717, 1.165) is 0 Å². The lowest BCUT2D eigenvalue weighted by molar-refractivity contribution is -0.146. The fraction of sp³-hybridized carbons (Fsp3) is 0.759. The predicted octanol–water partition coefficient (Wildman–Crippen LogP) is -2.13. The Morgan fingerprint density at radius 1 is 0.519 bits per heavy atom. The maximum atomic E-state index is 14.3. The number of likely N-dealkylation sites (tertiary alicyclic amines) is 2. The van der Waals surface area contributed by atoms with E-state index in [4.69, 9.17) is 11.5 Å². The fourth-order valence-electron chi connectivity index (χ4n) is 9.43. The van der Waals surface area contributed by atoms with Crippen LogP contribution in [-0.4, -0.2) is 176 Å². The van der Waals surface area contributed by atoms with Gasteiger partial charge in [-0.05, 0) is 112 Å². The minimum Gasteiger partial charge on any atom is -0.394 e. The van der Waals surface area contributed by atoms with Gasteiger partial charge in [-0.15, -0.1) is 0 Å². The van der Waals surface area contributed by atoms with Crippen LogP contribution in [0.25, 0.3) is 0 Å². The molecule has 0 aliphatic carbocycles. The molecular formula is C54H93N13O14. The molecule has 13 amide bonds. The Hall–Kier alpha value is -6.93. The second-order valence-corrected chi connectivity index (χ2v) is 24.4. The number of primary amides is 2. The topological polar surface area (TPSA) is 409 Å². The van der Waals surface area contributed by atoms with Crippen molar-refractivity contribution in [3.8, 4) is 0 Å². The lowest BCUT2D eigenvalue weighted by Crippen LogP contribution is -2.65. The van der Waals surface area contributed by atoms with Crippen LogP contribution in [-0.2, 0) is 62.3 Å². The molecule has 2 saturated heterocycles. The van der Waals surface area contributed by atoms with Gasteiger partial charge in [0.2, 0.25) is 76.8 Å². The zero-order valence-corrected chi connectivity index (χ0v) is 50.1. The monoisotopic (exact) mass is 1150 g/mol. The number of aliphatic hydroxyl groups excluding tert-OH is 1. The summed E-state index contributed by atoms with van der Waals surface area (Å²) in [5, 5.41) is 33.2. The average Bonchev–Trinajstić information content (AvgIpc) is 4.04. The van der Waals surface area contributed by atoms with Crippen molar-refractivity contribution in [2.45, 2.75) is 226 Å². The number of aliphatic hydroxyl groups is 1. The first-order valence-corrected chi connectivity index (χ1v) is 27.8. The molecule has 2 rings (SSSR count). The molecule has 0 aromatic heterocycles. The molecule has 0 radical (unpaired) electrons. The SMILES string of the molecule is CCC(C)C(CO)NC(=O)C1CCCN1C(=O)C(CC(C)C)NC(=O)C(CC(N)=O)NC(=O)C(C)(C)NC(=O)C1CCCN1C(=O)C(C)(C)NC(=O)C(CC(C)C)NC(=O)C(C)(C)NC(=O)C(CC(N)=O)NC(=O)C(C)(C)NC(C)=O. The third kappa shape index (κ3) is 20.8. The third-order valence-electron chi connectivity index (χ3n) is 14.2. The van der Waals surface area contributed by atoms with Gasteiger partial charge < -0.3 is 74.2 Å². The highest BCUT2D eigenvalue weighted by Gasteiger charge is 2.46. The predicted molar refractivity (Wildman–Crippen MR) is 297 cm³/mol. The van der Waals surface area contributed by atoms with Crippen molar-refractivity contribution in [1.29, 1.82) is 0 Å². The summed E-state index contributed by atoms with van der Waals surface area (Å²) in [6, 6.07) is -8.20. The smallest absolute Gasteiger partial charge is 0.248 e. The van der Waals surface area contributed by atoms with E-state index < -0.39 is 154 Å². The summed E-state index contributed by atoms with van der Waals surface area (Å²) in [5.41, 5.74) is 4.11. The first kappa shape index (κ1) is 70.2. The zero-order valence-electron chi connectivity index (χ0n) is 50.1. The molecule has 2 fully saturated rings. The summed E-state index contributed by atoms with van der Waals surface area (Å²) in [6.07, 6.45) is 0.880. The van der Waals surface area contributed by atoms with Gasteiger partial charge in [0.15, 0.2) is 0 Å². The van der Waals surface area contributed by atoms with Crippen LogP contribution < -0.4 is 59.3 Å². The third-order valence-corrected chi connectivity index (χ3v) is 14.2. The van der Waals surface area contributed by atoms with Crippen LogP contribution in [0.4, 0.5) is 0 Å². The standard InChI is InChI=1S/C54H93N13O14/c1-16-30(6)36(27-68)58-44(75)37-19-17-21-66(37)46(77)35(24-29(4)5)57-41(72)33(25-39(55)70)60-49(80)53(12,13)65-45(76)38-20-18-22-67(38)50(81)54(14,15)64-42(73)32(23-28(2)3)59-48(79)52(10,11)63-43(74)34(26-40(56)71)61-47(78)51(8,9)62-31(7)69/h28-30,32-38,68H,16-27H2,1-15H3,(H2,55,70)(H2,56,71)(H,57,72)(H,58,75)(H,59,79)(H,60,80)(H,61,78)(H,62,69)(H,63,74)(H,64,73)(H,65,76). The molecular weight excluding hydrogens is 1050 g/mol. The van der Waals surface area contributed by atoms with Crippen LogP contribution in [0.15, 0.2) is 0 Å². The van der Waals surface area contributed by atoms with Gasteiger partial charge >= 0.3 is 0 Å². The van der Waals surface area contributed by atoms with Crippen LogP contribution in [0.2, 0.25) is 0 Å².